The normalized spacial score (nSPS) is 12.4. The number of aromatic nitrogens is 1. The summed E-state index contributed by atoms with van der Waals surface area (Å²) in [5.74, 6) is 0.906. The van der Waals surface area contributed by atoms with E-state index in [9.17, 15) is 0 Å². The average molecular weight is 355 g/mol. The van der Waals surface area contributed by atoms with Crippen LogP contribution in [0, 0.1) is 6.92 Å². The molecule has 20 heavy (non-hydrogen) atoms. The second-order valence-corrected chi connectivity index (χ2v) is 6.99. The summed E-state index contributed by atoms with van der Waals surface area (Å²) in [5.41, 5.74) is 7.20. The van der Waals surface area contributed by atoms with Crippen molar-refractivity contribution >= 4 is 27.3 Å². The quantitative estimate of drug-likeness (QED) is 0.850. The molecule has 0 radical (unpaired) electrons. The van der Waals surface area contributed by atoms with Crippen molar-refractivity contribution in [1.29, 1.82) is 0 Å². The molecule has 0 saturated heterocycles. The summed E-state index contributed by atoms with van der Waals surface area (Å²) >= 11 is 5.17. The zero-order valence-corrected chi connectivity index (χ0v) is 14.1. The Kier molecular flexibility index (Phi) is 5.57. The fourth-order valence-corrected chi connectivity index (χ4v) is 3.01. The number of ether oxygens (including phenoxy) is 1. The van der Waals surface area contributed by atoms with Gasteiger partial charge in [0.15, 0.2) is 0 Å². The Morgan fingerprint density at radius 2 is 2.25 bits per heavy atom. The first-order valence-electron chi connectivity index (χ1n) is 6.66. The molecule has 0 bridgehead atoms. The molecule has 2 rings (SSSR count). The second-order valence-electron chi connectivity index (χ2n) is 4.76. The van der Waals surface area contributed by atoms with E-state index in [0.29, 0.717) is 6.61 Å². The SMILES string of the molecule is CCC(N)Cc1cc(Br)ccc1OCc1cnc(C)s1. The number of benzene rings is 1. The smallest absolute Gasteiger partial charge is 0.124 e. The van der Waals surface area contributed by atoms with Gasteiger partial charge >= 0.3 is 0 Å². The van der Waals surface area contributed by atoms with E-state index in [-0.39, 0.29) is 6.04 Å². The van der Waals surface area contributed by atoms with E-state index in [1.165, 1.54) is 0 Å². The minimum atomic E-state index is 0.164. The number of rotatable bonds is 6. The number of nitrogens with zero attached hydrogens (tertiary/aromatic N) is 1. The van der Waals surface area contributed by atoms with Crippen molar-refractivity contribution in [2.45, 2.75) is 39.3 Å². The summed E-state index contributed by atoms with van der Waals surface area (Å²) in [6.07, 6.45) is 3.66. The molecule has 108 valence electrons. The third-order valence-electron chi connectivity index (χ3n) is 3.07. The first kappa shape index (κ1) is 15.5. The van der Waals surface area contributed by atoms with Crippen LogP contribution in [0.1, 0.15) is 28.8 Å². The predicted molar refractivity (Wildman–Crippen MR) is 87.3 cm³/mol. The number of hydrogen-bond acceptors (Lipinski definition) is 4. The van der Waals surface area contributed by atoms with Gasteiger partial charge in [0.1, 0.15) is 12.4 Å². The van der Waals surface area contributed by atoms with Crippen LogP contribution in [-0.4, -0.2) is 11.0 Å². The lowest BCUT2D eigenvalue weighted by Gasteiger charge is -2.14. The molecule has 1 aromatic carbocycles. The molecular weight excluding hydrogens is 336 g/mol. The summed E-state index contributed by atoms with van der Waals surface area (Å²) in [6, 6.07) is 6.24. The summed E-state index contributed by atoms with van der Waals surface area (Å²) in [7, 11) is 0. The highest BCUT2D eigenvalue weighted by Crippen LogP contribution is 2.26. The third kappa shape index (κ3) is 4.30. The Balaban J connectivity index is 2.09. The molecule has 0 saturated carbocycles. The summed E-state index contributed by atoms with van der Waals surface area (Å²) in [5, 5.41) is 1.06. The van der Waals surface area contributed by atoms with Crippen molar-refractivity contribution in [2.75, 3.05) is 0 Å². The molecular formula is C15H19BrN2OS. The van der Waals surface area contributed by atoms with Crippen LogP contribution in [-0.2, 0) is 13.0 Å². The van der Waals surface area contributed by atoms with E-state index in [1.807, 2.05) is 25.3 Å². The van der Waals surface area contributed by atoms with Crippen molar-refractivity contribution in [3.05, 3.63) is 44.3 Å². The molecule has 0 amide bonds. The largest absolute Gasteiger partial charge is 0.488 e. The second kappa shape index (κ2) is 7.20. The summed E-state index contributed by atoms with van der Waals surface area (Å²) < 4.78 is 6.98. The first-order chi connectivity index (χ1) is 9.58. The van der Waals surface area contributed by atoms with Crippen molar-refractivity contribution in [3.63, 3.8) is 0 Å². The highest BCUT2D eigenvalue weighted by atomic mass is 79.9. The fraction of sp³-hybridized carbons (Fsp3) is 0.400. The molecule has 2 aromatic rings. The maximum absolute atomic E-state index is 6.06. The van der Waals surface area contributed by atoms with Gasteiger partial charge in [-0.2, -0.15) is 0 Å². The van der Waals surface area contributed by atoms with Gasteiger partial charge in [0.25, 0.3) is 0 Å². The van der Waals surface area contributed by atoms with Crippen LogP contribution in [0.15, 0.2) is 28.9 Å². The van der Waals surface area contributed by atoms with Crippen LogP contribution in [0.2, 0.25) is 0 Å². The Hall–Kier alpha value is -0.910. The lowest BCUT2D eigenvalue weighted by Crippen LogP contribution is -2.21. The molecule has 1 atom stereocenters. The number of halogens is 1. The van der Waals surface area contributed by atoms with Gasteiger partial charge in [0.2, 0.25) is 0 Å². The third-order valence-corrected chi connectivity index (χ3v) is 4.45. The lowest BCUT2D eigenvalue weighted by molar-refractivity contribution is 0.305. The van der Waals surface area contributed by atoms with Gasteiger partial charge in [-0.3, -0.25) is 0 Å². The van der Waals surface area contributed by atoms with Crippen molar-refractivity contribution in [2.24, 2.45) is 5.73 Å². The maximum Gasteiger partial charge on any atom is 0.124 e. The molecule has 5 heteroatoms. The zero-order valence-electron chi connectivity index (χ0n) is 11.7. The number of hydrogen-bond donors (Lipinski definition) is 1. The first-order valence-corrected chi connectivity index (χ1v) is 8.27. The minimum Gasteiger partial charge on any atom is -0.488 e. The van der Waals surface area contributed by atoms with E-state index >= 15 is 0 Å². The van der Waals surface area contributed by atoms with Crippen LogP contribution >= 0.6 is 27.3 Å². The fourth-order valence-electron chi connectivity index (χ4n) is 1.90. The van der Waals surface area contributed by atoms with Crippen LogP contribution in [0.5, 0.6) is 5.75 Å². The van der Waals surface area contributed by atoms with E-state index in [4.69, 9.17) is 10.5 Å². The van der Waals surface area contributed by atoms with Gasteiger partial charge in [-0.1, -0.05) is 22.9 Å². The predicted octanol–water partition coefficient (Wildman–Crippen LogP) is 4.07. The molecule has 3 nitrogen and oxygen atoms in total. The highest BCUT2D eigenvalue weighted by Gasteiger charge is 2.09. The van der Waals surface area contributed by atoms with E-state index < -0.39 is 0 Å². The Labute approximate surface area is 132 Å². The monoisotopic (exact) mass is 354 g/mol. The number of nitrogens with two attached hydrogens (primary N) is 1. The molecule has 0 spiro atoms. The lowest BCUT2D eigenvalue weighted by atomic mass is 10.0. The molecule has 0 fully saturated rings. The number of thiazole rings is 1. The van der Waals surface area contributed by atoms with Crippen molar-refractivity contribution in [1.82, 2.24) is 4.98 Å². The molecule has 1 aromatic heterocycles. The van der Waals surface area contributed by atoms with Gasteiger partial charge in [0, 0.05) is 16.7 Å². The van der Waals surface area contributed by atoms with Crippen molar-refractivity contribution in [3.8, 4) is 5.75 Å². The van der Waals surface area contributed by atoms with Gasteiger partial charge in [0.05, 0.1) is 9.88 Å². The molecule has 0 aliphatic rings. The molecule has 0 aliphatic heterocycles. The summed E-state index contributed by atoms with van der Waals surface area (Å²) in [6.45, 7) is 4.66. The maximum atomic E-state index is 6.06. The Morgan fingerprint density at radius 3 is 2.90 bits per heavy atom. The van der Waals surface area contributed by atoms with Crippen LogP contribution in [0.3, 0.4) is 0 Å². The molecule has 1 unspecified atom stereocenters. The van der Waals surface area contributed by atoms with Crippen LogP contribution in [0.4, 0.5) is 0 Å². The topological polar surface area (TPSA) is 48.1 Å². The Morgan fingerprint density at radius 1 is 1.45 bits per heavy atom. The minimum absolute atomic E-state index is 0.164. The van der Waals surface area contributed by atoms with Gasteiger partial charge in [-0.15, -0.1) is 11.3 Å². The van der Waals surface area contributed by atoms with E-state index in [1.54, 1.807) is 11.3 Å². The van der Waals surface area contributed by atoms with Gasteiger partial charge in [-0.05, 0) is 43.5 Å². The van der Waals surface area contributed by atoms with E-state index in [0.717, 1.165) is 38.5 Å². The molecule has 0 aliphatic carbocycles. The average Bonchev–Trinajstić information content (AvgIpc) is 2.83. The van der Waals surface area contributed by atoms with Gasteiger partial charge < -0.3 is 10.5 Å². The van der Waals surface area contributed by atoms with Crippen LogP contribution in [0.25, 0.3) is 0 Å². The van der Waals surface area contributed by atoms with E-state index in [2.05, 4.69) is 33.9 Å². The molecule has 1 heterocycles. The standard InChI is InChI=1S/C15H19BrN2OS/c1-3-13(17)7-11-6-12(16)4-5-15(11)19-9-14-8-18-10(2)20-14/h4-6,8,13H,3,7,9,17H2,1-2H3. The zero-order chi connectivity index (χ0) is 14.5. The Bertz CT molecular complexity index is 571. The van der Waals surface area contributed by atoms with Gasteiger partial charge in [-0.25, -0.2) is 4.98 Å². The summed E-state index contributed by atoms with van der Waals surface area (Å²) in [4.78, 5) is 5.37. The number of aryl methyl sites for hydroxylation is 1. The van der Waals surface area contributed by atoms with Crippen LogP contribution < -0.4 is 10.5 Å². The highest BCUT2D eigenvalue weighted by molar-refractivity contribution is 9.10. The van der Waals surface area contributed by atoms with Crippen molar-refractivity contribution < 1.29 is 4.74 Å². The molecule has 2 N–H and O–H groups in total.